The maximum absolute atomic E-state index is 12.4. The number of amides is 3. The fourth-order valence-electron chi connectivity index (χ4n) is 3.10. The first-order valence-corrected chi connectivity index (χ1v) is 9.80. The van der Waals surface area contributed by atoms with Crippen LogP contribution in [0.25, 0.3) is 0 Å². The molecule has 1 atom stereocenters. The Kier molecular flexibility index (Phi) is 7.40. The van der Waals surface area contributed by atoms with Crippen molar-refractivity contribution in [1.29, 1.82) is 0 Å². The van der Waals surface area contributed by atoms with E-state index in [0.29, 0.717) is 42.3 Å². The zero-order valence-corrected chi connectivity index (χ0v) is 16.8. The first-order chi connectivity index (χ1) is 14.6. The summed E-state index contributed by atoms with van der Waals surface area (Å²) in [6.07, 6.45) is 1.25. The normalized spacial score (nSPS) is 15.3. The minimum atomic E-state index is -0.376. The summed E-state index contributed by atoms with van der Waals surface area (Å²) in [5.41, 5.74) is 1.44. The van der Waals surface area contributed by atoms with E-state index in [1.165, 1.54) is 7.11 Å². The number of carbonyl (C=O) groups is 3. The molecule has 2 aromatic carbocycles. The van der Waals surface area contributed by atoms with Crippen molar-refractivity contribution >= 4 is 23.4 Å². The van der Waals surface area contributed by atoms with Gasteiger partial charge in [-0.1, -0.05) is 12.1 Å². The second kappa shape index (κ2) is 10.4. The Bertz CT molecular complexity index is 892. The molecule has 1 heterocycles. The van der Waals surface area contributed by atoms with Gasteiger partial charge < -0.3 is 25.4 Å². The van der Waals surface area contributed by atoms with Crippen molar-refractivity contribution < 1.29 is 23.9 Å². The van der Waals surface area contributed by atoms with E-state index in [1.807, 2.05) is 0 Å². The van der Waals surface area contributed by atoms with Crippen LogP contribution in [0.5, 0.6) is 5.75 Å². The van der Waals surface area contributed by atoms with Crippen molar-refractivity contribution in [2.75, 3.05) is 32.1 Å². The lowest BCUT2D eigenvalue weighted by atomic mass is 10.1. The minimum absolute atomic E-state index is 0.142. The molecule has 3 N–H and O–H groups in total. The summed E-state index contributed by atoms with van der Waals surface area (Å²) in [5.74, 6) is -0.218. The molecule has 2 aromatic rings. The molecule has 3 rings (SSSR count). The molecule has 0 saturated carbocycles. The number of methoxy groups -OCH3 is 1. The van der Waals surface area contributed by atoms with Gasteiger partial charge in [0.05, 0.1) is 12.7 Å². The molecule has 0 aliphatic carbocycles. The maximum atomic E-state index is 12.4. The van der Waals surface area contributed by atoms with Gasteiger partial charge in [-0.2, -0.15) is 0 Å². The van der Waals surface area contributed by atoms with Crippen LogP contribution < -0.4 is 20.7 Å². The fourth-order valence-corrected chi connectivity index (χ4v) is 3.10. The van der Waals surface area contributed by atoms with E-state index in [4.69, 9.17) is 9.47 Å². The van der Waals surface area contributed by atoms with Gasteiger partial charge >= 0.3 is 0 Å². The summed E-state index contributed by atoms with van der Waals surface area (Å²) >= 11 is 0. The molecule has 1 saturated heterocycles. The van der Waals surface area contributed by atoms with Crippen LogP contribution in [-0.2, 0) is 9.53 Å². The summed E-state index contributed by atoms with van der Waals surface area (Å²) < 4.78 is 10.5. The van der Waals surface area contributed by atoms with Gasteiger partial charge in [0.1, 0.15) is 11.9 Å². The number of nitrogens with one attached hydrogen (secondary N) is 3. The maximum Gasteiger partial charge on any atom is 0.259 e. The van der Waals surface area contributed by atoms with E-state index in [-0.39, 0.29) is 23.8 Å². The Hall–Kier alpha value is -3.39. The van der Waals surface area contributed by atoms with Gasteiger partial charge in [0.25, 0.3) is 11.8 Å². The van der Waals surface area contributed by atoms with Gasteiger partial charge in [-0.3, -0.25) is 14.4 Å². The number of anilines is 1. The standard InChI is InChI=1S/C22H25N3O5/c1-29-18-6-3-2-5-17(18)21(27)25-16-10-8-15(9-11-16)20(26)23-12-13-24-22(28)19-7-4-14-30-19/h2-3,5-6,8-11,19H,4,7,12-14H2,1H3,(H,23,26)(H,24,28)(H,25,27). The van der Waals surface area contributed by atoms with Crippen molar-refractivity contribution in [3.63, 3.8) is 0 Å². The Labute approximate surface area is 174 Å². The molecule has 0 spiro atoms. The Morgan fingerprint density at radius 2 is 1.73 bits per heavy atom. The third kappa shape index (κ3) is 5.57. The number of hydrogen-bond donors (Lipinski definition) is 3. The van der Waals surface area contributed by atoms with Gasteiger partial charge in [-0.25, -0.2) is 0 Å². The van der Waals surface area contributed by atoms with Gasteiger partial charge in [-0.15, -0.1) is 0 Å². The summed E-state index contributed by atoms with van der Waals surface area (Å²) in [5, 5.41) is 8.28. The molecule has 0 bridgehead atoms. The summed E-state index contributed by atoms with van der Waals surface area (Å²) in [4.78, 5) is 36.5. The van der Waals surface area contributed by atoms with Crippen molar-refractivity contribution in [3.05, 3.63) is 59.7 Å². The minimum Gasteiger partial charge on any atom is -0.496 e. The highest BCUT2D eigenvalue weighted by molar-refractivity contribution is 6.06. The lowest BCUT2D eigenvalue weighted by molar-refractivity contribution is -0.129. The average Bonchev–Trinajstić information content (AvgIpc) is 3.32. The number of ether oxygens (including phenoxy) is 2. The highest BCUT2D eigenvalue weighted by Gasteiger charge is 2.22. The lowest BCUT2D eigenvalue weighted by Gasteiger charge is -2.11. The summed E-state index contributed by atoms with van der Waals surface area (Å²) in [6, 6.07) is 13.5. The summed E-state index contributed by atoms with van der Waals surface area (Å²) in [7, 11) is 1.51. The van der Waals surface area contributed by atoms with Crippen LogP contribution in [0.3, 0.4) is 0 Å². The topological polar surface area (TPSA) is 106 Å². The van der Waals surface area contributed by atoms with E-state index in [2.05, 4.69) is 16.0 Å². The highest BCUT2D eigenvalue weighted by atomic mass is 16.5. The molecule has 0 radical (unpaired) electrons. The van der Waals surface area contributed by atoms with Crippen LogP contribution >= 0.6 is 0 Å². The molecule has 1 aliphatic rings. The molecule has 0 aromatic heterocycles. The van der Waals surface area contributed by atoms with Crippen LogP contribution in [0.15, 0.2) is 48.5 Å². The third-order valence-electron chi connectivity index (χ3n) is 4.69. The molecule has 8 nitrogen and oxygen atoms in total. The number of rotatable bonds is 8. The molecule has 1 fully saturated rings. The van der Waals surface area contributed by atoms with Gasteiger partial charge in [0.2, 0.25) is 5.91 Å². The molecule has 8 heteroatoms. The quantitative estimate of drug-likeness (QED) is 0.576. The second-order valence-corrected chi connectivity index (χ2v) is 6.78. The number of benzene rings is 2. The van der Waals surface area contributed by atoms with Crippen molar-refractivity contribution in [1.82, 2.24) is 10.6 Å². The predicted molar refractivity (Wildman–Crippen MR) is 112 cm³/mol. The fraction of sp³-hybridized carbons (Fsp3) is 0.318. The van der Waals surface area contributed by atoms with E-state index >= 15 is 0 Å². The number of hydrogen-bond acceptors (Lipinski definition) is 5. The SMILES string of the molecule is COc1ccccc1C(=O)Nc1ccc(C(=O)NCCNC(=O)C2CCCO2)cc1. The van der Waals surface area contributed by atoms with Crippen molar-refractivity contribution in [3.8, 4) is 5.75 Å². The Morgan fingerprint density at radius 3 is 2.43 bits per heavy atom. The van der Waals surface area contributed by atoms with E-state index in [0.717, 1.165) is 12.8 Å². The van der Waals surface area contributed by atoms with Crippen molar-refractivity contribution in [2.45, 2.75) is 18.9 Å². The first-order valence-electron chi connectivity index (χ1n) is 9.80. The Morgan fingerprint density at radius 1 is 1.00 bits per heavy atom. The smallest absolute Gasteiger partial charge is 0.259 e. The molecule has 1 unspecified atom stereocenters. The van der Waals surface area contributed by atoms with Crippen LogP contribution in [-0.4, -0.2) is 50.6 Å². The van der Waals surface area contributed by atoms with E-state index in [1.54, 1.807) is 48.5 Å². The third-order valence-corrected chi connectivity index (χ3v) is 4.69. The van der Waals surface area contributed by atoms with E-state index < -0.39 is 0 Å². The second-order valence-electron chi connectivity index (χ2n) is 6.78. The summed E-state index contributed by atoms with van der Waals surface area (Å²) in [6.45, 7) is 1.26. The molecule has 3 amide bonds. The first kappa shape index (κ1) is 21.3. The monoisotopic (exact) mass is 411 g/mol. The average molecular weight is 411 g/mol. The lowest BCUT2D eigenvalue weighted by Crippen LogP contribution is -2.39. The number of para-hydroxylation sites is 1. The largest absolute Gasteiger partial charge is 0.496 e. The molecule has 30 heavy (non-hydrogen) atoms. The predicted octanol–water partition coefficient (Wildman–Crippen LogP) is 1.97. The molecular weight excluding hydrogens is 386 g/mol. The van der Waals surface area contributed by atoms with Crippen molar-refractivity contribution in [2.24, 2.45) is 0 Å². The highest BCUT2D eigenvalue weighted by Crippen LogP contribution is 2.19. The van der Waals surface area contributed by atoms with Gasteiger partial charge in [0, 0.05) is 30.9 Å². The van der Waals surface area contributed by atoms with Crippen LogP contribution in [0.1, 0.15) is 33.6 Å². The Balaban J connectivity index is 1.45. The van der Waals surface area contributed by atoms with Gasteiger partial charge in [-0.05, 0) is 49.2 Å². The number of carbonyl (C=O) groups excluding carboxylic acids is 3. The van der Waals surface area contributed by atoms with Crippen LogP contribution in [0, 0.1) is 0 Å². The van der Waals surface area contributed by atoms with Crippen LogP contribution in [0.4, 0.5) is 5.69 Å². The molecule has 1 aliphatic heterocycles. The zero-order valence-electron chi connectivity index (χ0n) is 16.8. The molecular formula is C22H25N3O5. The van der Waals surface area contributed by atoms with Gasteiger partial charge in [0.15, 0.2) is 0 Å². The van der Waals surface area contributed by atoms with Crippen LogP contribution in [0.2, 0.25) is 0 Å². The molecule has 158 valence electrons. The zero-order chi connectivity index (χ0) is 21.3. The van der Waals surface area contributed by atoms with E-state index in [9.17, 15) is 14.4 Å².